The second-order valence-corrected chi connectivity index (χ2v) is 8.37. The van der Waals surface area contributed by atoms with Gasteiger partial charge in [0, 0.05) is 26.9 Å². The van der Waals surface area contributed by atoms with Crippen LogP contribution in [0.2, 0.25) is 0 Å². The third-order valence-corrected chi connectivity index (χ3v) is 6.34. The zero-order chi connectivity index (χ0) is 15.5. The van der Waals surface area contributed by atoms with Gasteiger partial charge in [0.2, 0.25) is 0 Å². The number of sulfonamides is 1. The van der Waals surface area contributed by atoms with Crippen molar-refractivity contribution in [1.29, 1.82) is 0 Å². The zero-order valence-electron chi connectivity index (χ0n) is 12.1. The average molecular weight is 343 g/mol. The molecule has 0 radical (unpaired) electrons. The lowest BCUT2D eigenvalue weighted by atomic mass is 10.3. The highest BCUT2D eigenvalue weighted by molar-refractivity contribution is 7.98. The molecule has 0 aliphatic rings. The molecule has 0 unspecified atom stereocenters. The smallest absolute Gasteiger partial charge is 0.263 e. The van der Waals surface area contributed by atoms with Crippen LogP contribution >= 0.6 is 23.1 Å². The number of thiophene rings is 1. The number of thioether (sulfide) groups is 1. The Kier molecular flexibility index (Phi) is 5.32. The Morgan fingerprint density at radius 2 is 1.90 bits per heavy atom. The SMILES string of the molecule is CNCc1cc(S(=O)(=O)Nc2ccc(SC)cc2)c(C)s1. The van der Waals surface area contributed by atoms with Gasteiger partial charge >= 0.3 is 0 Å². The van der Waals surface area contributed by atoms with E-state index in [2.05, 4.69) is 10.0 Å². The largest absolute Gasteiger partial charge is 0.315 e. The van der Waals surface area contributed by atoms with Gasteiger partial charge in [0.1, 0.15) is 4.90 Å². The maximum Gasteiger partial charge on any atom is 0.263 e. The van der Waals surface area contributed by atoms with Crippen LogP contribution in [0.3, 0.4) is 0 Å². The van der Waals surface area contributed by atoms with Crippen molar-refractivity contribution in [2.75, 3.05) is 18.0 Å². The summed E-state index contributed by atoms with van der Waals surface area (Å²) in [4.78, 5) is 3.26. The number of hydrogen-bond donors (Lipinski definition) is 2. The number of hydrogen-bond acceptors (Lipinski definition) is 5. The van der Waals surface area contributed by atoms with Crippen molar-refractivity contribution in [2.45, 2.75) is 23.3 Å². The normalized spacial score (nSPS) is 11.6. The third kappa shape index (κ3) is 4.00. The van der Waals surface area contributed by atoms with Crippen LogP contribution in [0.15, 0.2) is 40.1 Å². The lowest BCUT2D eigenvalue weighted by Gasteiger charge is -2.08. The standard InChI is InChI=1S/C14H18N2O2S3/c1-10-14(8-13(20-10)9-15-2)21(17,18)16-11-4-6-12(19-3)7-5-11/h4-8,15-16H,9H2,1-3H3. The van der Waals surface area contributed by atoms with Crippen LogP contribution in [0.25, 0.3) is 0 Å². The molecule has 4 nitrogen and oxygen atoms in total. The maximum atomic E-state index is 12.5. The fraction of sp³-hybridized carbons (Fsp3) is 0.286. The lowest BCUT2D eigenvalue weighted by Crippen LogP contribution is -2.13. The summed E-state index contributed by atoms with van der Waals surface area (Å²) >= 11 is 3.12. The summed E-state index contributed by atoms with van der Waals surface area (Å²) in [5.74, 6) is 0. The van der Waals surface area contributed by atoms with Crippen LogP contribution in [-0.2, 0) is 16.6 Å². The molecular weight excluding hydrogens is 324 g/mol. The predicted molar refractivity (Wildman–Crippen MR) is 90.9 cm³/mol. The van der Waals surface area contributed by atoms with E-state index in [4.69, 9.17) is 0 Å². The molecule has 0 saturated heterocycles. The van der Waals surface area contributed by atoms with E-state index in [1.807, 2.05) is 32.4 Å². The Balaban J connectivity index is 2.24. The van der Waals surface area contributed by atoms with E-state index in [0.29, 0.717) is 17.1 Å². The highest BCUT2D eigenvalue weighted by atomic mass is 32.2. The van der Waals surface area contributed by atoms with E-state index in [0.717, 1.165) is 14.6 Å². The lowest BCUT2D eigenvalue weighted by molar-refractivity contribution is 0.601. The first kappa shape index (κ1) is 16.4. The molecule has 21 heavy (non-hydrogen) atoms. The molecule has 2 N–H and O–H groups in total. The first-order chi connectivity index (χ1) is 9.96. The predicted octanol–water partition coefficient (Wildman–Crippen LogP) is 3.30. The summed E-state index contributed by atoms with van der Waals surface area (Å²) in [6.45, 7) is 2.50. The summed E-state index contributed by atoms with van der Waals surface area (Å²) in [5, 5.41) is 3.03. The highest BCUT2D eigenvalue weighted by Gasteiger charge is 2.19. The minimum Gasteiger partial charge on any atom is -0.315 e. The van der Waals surface area contributed by atoms with Gasteiger partial charge in [-0.05, 0) is 50.6 Å². The number of anilines is 1. The third-order valence-electron chi connectivity index (χ3n) is 2.91. The van der Waals surface area contributed by atoms with Gasteiger partial charge in [-0.1, -0.05) is 0 Å². The van der Waals surface area contributed by atoms with Gasteiger partial charge in [0.15, 0.2) is 0 Å². The van der Waals surface area contributed by atoms with Gasteiger partial charge in [-0.3, -0.25) is 4.72 Å². The molecule has 7 heteroatoms. The molecule has 114 valence electrons. The molecule has 0 fully saturated rings. The first-order valence-corrected chi connectivity index (χ1v) is 9.89. The van der Waals surface area contributed by atoms with Crippen molar-refractivity contribution >= 4 is 38.8 Å². The van der Waals surface area contributed by atoms with Crippen molar-refractivity contribution in [3.63, 3.8) is 0 Å². The van der Waals surface area contributed by atoms with E-state index in [-0.39, 0.29) is 0 Å². The molecular formula is C14H18N2O2S3. The van der Waals surface area contributed by atoms with E-state index < -0.39 is 10.0 Å². The Hall–Kier alpha value is -1.02. The number of aryl methyl sites for hydroxylation is 1. The average Bonchev–Trinajstić information content (AvgIpc) is 2.81. The molecule has 0 atom stereocenters. The van der Waals surface area contributed by atoms with Gasteiger partial charge in [-0.15, -0.1) is 23.1 Å². The van der Waals surface area contributed by atoms with Crippen molar-refractivity contribution in [3.8, 4) is 0 Å². The molecule has 1 aromatic carbocycles. The topological polar surface area (TPSA) is 58.2 Å². The first-order valence-electron chi connectivity index (χ1n) is 6.37. The highest BCUT2D eigenvalue weighted by Crippen LogP contribution is 2.28. The minimum absolute atomic E-state index is 0.353. The number of rotatable bonds is 6. The fourth-order valence-corrected chi connectivity index (χ4v) is 5.04. The summed E-state index contributed by atoms with van der Waals surface area (Å²) in [7, 11) is -1.69. The molecule has 0 aliphatic carbocycles. The number of nitrogens with one attached hydrogen (secondary N) is 2. The Labute approximate surface area is 134 Å². The second-order valence-electron chi connectivity index (χ2n) is 4.50. The molecule has 1 aromatic heterocycles. The Morgan fingerprint density at radius 3 is 2.48 bits per heavy atom. The minimum atomic E-state index is -3.54. The summed E-state index contributed by atoms with van der Waals surface area (Å²) in [6, 6.07) is 9.08. The van der Waals surface area contributed by atoms with E-state index >= 15 is 0 Å². The molecule has 0 spiro atoms. The van der Waals surface area contributed by atoms with E-state index in [9.17, 15) is 8.42 Å². The molecule has 0 saturated carbocycles. The van der Waals surface area contributed by atoms with Crippen LogP contribution in [0.4, 0.5) is 5.69 Å². The van der Waals surface area contributed by atoms with E-state index in [1.165, 1.54) is 11.3 Å². The van der Waals surface area contributed by atoms with Crippen LogP contribution < -0.4 is 10.0 Å². The monoisotopic (exact) mass is 342 g/mol. The Bertz CT molecular complexity index is 706. The van der Waals surface area contributed by atoms with Crippen molar-refractivity contribution in [3.05, 3.63) is 40.1 Å². The molecule has 2 aromatic rings. The van der Waals surface area contributed by atoms with Crippen molar-refractivity contribution in [2.24, 2.45) is 0 Å². The van der Waals surface area contributed by atoms with Gasteiger partial charge in [-0.25, -0.2) is 8.42 Å². The summed E-state index contributed by atoms with van der Waals surface area (Å²) in [5.41, 5.74) is 0.577. The van der Waals surface area contributed by atoms with Crippen LogP contribution in [0.1, 0.15) is 9.75 Å². The van der Waals surface area contributed by atoms with Gasteiger partial charge in [0.25, 0.3) is 10.0 Å². The summed E-state index contributed by atoms with van der Waals surface area (Å²) in [6.07, 6.45) is 1.98. The van der Waals surface area contributed by atoms with Gasteiger partial charge in [0.05, 0.1) is 0 Å². The summed E-state index contributed by atoms with van der Waals surface area (Å²) < 4.78 is 27.6. The molecule has 2 rings (SSSR count). The van der Waals surface area contributed by atoms with Crippen molar-refractivity contribution in [1.82, 2.24) is 5.32 Å². The van der Waals surface area contributed by atoms with Crippen LogP contribution in [-0.4, -0.2) is 21.7 Å². The molecule has 0 aliphatic heterocycles. The quantitative estimate of drug-likeness (QED) is 0.791. The van der Waals surface area contributed by atoms with Crippen molar-refractivity contribution < 1.29 is 8.42 Å². The maximum absolute atomic E-state index is 12.5. The van der Waals surface area contributed by atoms with Crippen LogP contribution in [0, 0.1) is 6.92 Å². The van der Waals surface area contributed by atoms with Gasteiger partial charge in [-0.2, -0.15) is 0 Å². The van der Waals surface area contributed by atoms with E-state index in [1.54, 1.807) is 30.0 Å². The zero-order valence-corrected chi connectivity index (χ0v) is 14.6. The second kappa shape index (κ2) is 6.83. The fourth-order valence-electron chi connectivity index (χ4n) is 1.92. The molecule has 0 bridgehead atoms. The Morgan fingerprint density at radius 1 is 1.24 bits per heavy atom. The van der Waals surface area contributed by atoms with Gasteiger partial charge < -0.3 is 5.32 Å². The van der Waals surface area contributed by atoms with Crippen LogP contribution in [0.5, 0.6) is 0 Å². The molecule has 1 heterocycles. The number of benzene rings is 1. The molecule has 0 amide bonds.